The number of aromatic nitrogens is 2. The lowest BCUT2D eigenvalue weighted by atomic mass is 10.1. The van der Waals surface area contributed by atoms with E-state index < -0.39 is 0 Å². The lowest BCUT2D eigenvalue weighted by Gasteiger charge is -2.18. The smallest absolute Gasteiger partial charge is 0.0945 e. The van der Waals surface area contributed by atoms with Gasteiger partial charge in [0.15, 0.2) is 0 Å². The highest BCUT2D eigenvalue weighted by Gasteiger charge is 2.14. The Balaban J connectivity index is 1.68. The van der Waals surface area contributed by atoms with Gasteiger partial charge in [-0.05, 0) is 55.2 Å². The van der Waals surface area contributed by atoms with Crippen molar-refractivity contribution in [3.05, 3.63) is 81.8 Å². The van der Waals surface area contributed by atoms with Crippen LogP contribution in [-0.2, 0) is 13.0 Å². The second-order valence-electron chi connectivity index (χ2n) is 6.09. The Bertz CT molecular complexity index is 820. The van der Waals surface area contributed by atoms with Crippen LogP contribution in [0, 0.1) is 0 Å². The van der Waals surface area contributed by atoms with Gasteiger partial charge < -0.3 is 4.57 Å². The fraction of sp³-hybridized carbons (Fsp3) is 0.250. The van der Waals surface area contributed by atoms with Crippen molar-refractivity contribution in [2.45, 2.75) is 36.0 Å². The third kappa shape index (κ3) is 5.95. The molecule has 136 valence electrons. The summed E-state index contributed by atoms with van der Waals surface area (Å²) >= 11 is 20.2. The number of benzene rings is 2. The lowest BCUT2D eigenvalue weighted by molar-refractivity contribution is 0.594. The first kappa shape index (κ1) is 19.6. The van der Waals surface area contributed by atoms with Gasteiger partial charge in [0.25, 0.3) is 0 Å². The summed E-state index contributed by atoms with van der Waals surface area (Å²) < 4.78 is 2.11. The van der Waals surface area contributed by atoms with Crippen molar-refractivity contribution < 1.29 is 0 Å². The van der Waals surface area contributed by atoms with Crippen LogP contribution in [0.2, 0.25) is 15.1 Å². The first-order chi connectivity index (χ1) is 12.6. The maximum atomic E-state index is 6.38. The summed E-state index contributed by atoms with van der Waals surface area (Å²) in [4.78, 5) is 5.17. The van der Waals surface area contributed by atoms with Crippen LogP contribution in [0.1, 0.15) is 18.4 Å². The van der Waals surface area contributed by atoms with E-state index in [2.05, 4.69) is 21.7 Å². The van der Waals surface area contributed by atoms with Crippen molar-refractivity contribution in [2.24, 2.45) is 0 Å². The van der Waals surface area contributed by atoms with E-state index in [1.54, 1.807) is 6.07 Å². The molecule has 0 aliphatic carbocycles. The fourth-order valence-corrected chi connectivity index (χ4v) is 4.66. The zero-order valence-corrected chi connectivity index (χ0v) is 17.2. The molecule has 0 N–H and O–H groups in total. The average molecular weight is 426 g/mol. The van der Waals surface area contributed by atoms with Crippen molar-refractivity contribution in [1.82, 2.24) is 9.55 Å². The first-order valence-corrected chi connectivity index (χ1v) is 10.4. The number of rotatable bonds is 8. The van der Waals surface area contributed by atoms with Gasteiger partial charge in [0.2, 0.25) is 0 Å². The monoisotopic (exact) mass is 424 g/mol. The number of nitrogens with zero attached hydrogens (tertiary/aromatic N) is 2. The van der Waals surface area contributed by atoms with Gasteiger partial charge in [-0.25, -0.2) is 4.98 Å². The van der Waals surface area contributed by atoms with Crippen LogP contribution in [0.5, 0.6) is 0 Å². The van der Waals surface area contributed by atoms with Gasteiger partial charge in [-0.15, -0.1) is 11.8 Å². The van der Waals surface area contributed by atoms with E-state index in [9.17, 15) is 0 Å². The molecule has 6 heteroatoms. The van der Waals surface area contributed by atoms with Crippen molar-refractivity contribution in [3.63, 3.8) is 0 Å². The molecular weight excluding hydrogens is 407 g/mol. The Morgan fingerprint density at radius 2 is 1.77 bits per heavy atom. The van der Waals surface area contributed by atoms with Crippen LogP contribution >= 0.6 is 46.6 Å². The predicted molar refractivity (Wildman–Crippen MR) is 113 cm³/mol. The van der Waals surface area contributed by atoms with Gasteiger partial charge >= 0.3 is 0 Å². The molecule has 3 aromatic rings. The molecule has 0 saturated carbocycles. The van der Waals surface area contributed by atoms with E-state index in [1.165, 1.54) is 5.56 Å². The number of hydrogen-bond donors (Lipinski definition) is 0. The first-order valence-electron chi connectivity index (χ1n) is 8.42. The van der Waals surface area contributed by atoms with Crippen LogP contribution in [0.15, 0.2) is 66.1 Å². The molecule has 0 bridgehead atoms. The lowest BCUT2D eigenvalue weighted by Crippen LogP contribution is -2.09. The molecule has 0 aliphatic rings. The van der Waals surface area contributed by atoms with Crippen LogP contribution in [0.4, 0.5) is 0 Å². The molecule has 0 spiro atoms. The van der Waals surface area contributed by atoms with Crippen molar-refractivity contribution in [2.75, 3.05) is 0 Å². The summed E-state index contributed by atoms with van der Waals surface area (Å²) in [6.07, 6.45) is 8.78. The molecule has 0 aliphatic heterocycles. The molecule has 0 radical (unpaired) electrons. The Morgan fingerprint density at radius 1 is 1.00 bits per heavy atom. The summed E-state index contributed by atoms with van der Waals surface area (Å²) in [6, 6.07) is 13.8. The van der Waals surface area contributed by atoms with Gasteiger partial charge in [-0.3, -0.25) is 0 Å². The molecule has 0 saturated heterocycles. The van der Waals surface area contributed by atoms with Gasteiger partial charge in [0, 0.05) is 39.1 Å². The number of halogens is 3. The molecular formula is C20H19Cl3N2S. The molecule has 2 nitrogen and oxygen atoms in total. The van der Waals surface area contributed by atoms with Gasteiger partial charge in [-0.2, -0.15) is 0 Å². The van der Waals surface area contributed by atoms with E-state index in [0.717, 1.165) is 35.7 Å². The van der Waals surface area contributed by atoms with Gasteiger partial charge in [-0.1, -0.05) is 46.9 Å². The number of hydrogen-bond acceptors (Lipinski definition) is 2. The number of thioether (sulfide) groups is 1. The van der Waals surface area contributed by atoms with Gasteiger partial charge in [0.1, 0.15) is 0 Å². The average Bonchev–Trinajstić information content (AvgIpc) is 3.12. The maximum absolute atomic E-state index is 6.38. The minimum Gasteiger partial charge on any atom is -0.337 e. The third-order valence-electron chi connectivity index (χ3n) is 4.07. The van der Waals surface area contributed by atoms with E-state index in [4.69, 9.17) is 34.8 Å². The highest BCUT2D eigenvalue weighted by molar-refractivity contribution is 8.00. The Kier molecular flexibility index (Phi) is 7.32. The molecule has 1 atom stereocenters. The molecule has 3 rings (SSSR count). The minimum absolute atomic E-state index is 0.415. The summed E-state index contributed by atoms with van der Waals surface area (Å²) in [7, 11) is 0. The minimum atomic E-state index is 0.415. The molecule has 1 unspecified atom stereocenters. The van der Waals surface area contributed by atoms with E-state index in [0.29, 0.717) is 15.3 Å². The largest absolute Gasteiger partial charge is 0.337 e. The van der Waals surface area contributed by atoms with Crippen molar-refractivity contribution >= 4 is 46.6 Å². The topological polar surface area (TPSA) is 17.8 Å². The highest BCUT2D eigenvalue weighted by Crippen LogP contribution is 2.35. The molecule has 26 heavy (non-hydrogen) atoms. The van der Waals surface area contributed by atoms with E-state index in [1.807, 2.05) is 54.7 Å². The highest BCUT2D eigenvalue weighted by atomic mass is 35.5. The molecule has 1 aromatic heterocycles. The van der Waals surface area contributed by atoms with E-state index in [-0.39, 0.29) is 0 Å². The SMILES string of the molecule is Clc1ccc(CC(CCCn2ccnc2)Sc2ccc(Cl)cc2Cl)cc1. The number of imidazole rings is 1. The normalized spacial score (nSPS) is 12.3. The van der Waals surface area contributed by atoms with Crippen LogP contribution in [-0.4, -0.2) is 14.8 Å². The second kappa shape index (κ2) is 9.70. The fourth-order valence-electron chi connectivity index (χ4n) is 2.76. The maximum Gasteiger partial charge on any atom is 0.0945 e. The predicted octanol–water partition coefficient (Wildman–Crippen LogP) is 7.03. The second-order valence-corrected chi connectivity index (χ2v) is 8.71. The molecule has 2 aromatic carbocycles. The van der Waals surface area contributed by atoms with Crippen molar-refractivity contribution in [3.8, 4) is 0 Å². The standard InChI is InChI=1S/C20H19Cl3N2S/c21-16-5-3-15(4-6-16)12-18(2-1-10-25-11-9-24-14-25)26-20-8-7-17(22)13-19(20)23/h3-9,11,13-14,18H,1-2,10,12H2. The molecule has 0 amide bonds. The summed E-state index contributed by atoms with van der Waals surface area (Å²) in [5.74, 6) is 0. The third-order valence-corrected chi connectivity index (χ3v) is 6.32. The van der Waals surface area contributed by atoms with Crippen LogP contribution in [0.25, 0.3) is 0 Å². The summed E-state index contributed by atoms with van der Waals surface area (Å²) in [5.41, 5.74) is 1.28. The Morgan fingerprint density at radius 3 is 2.46 bits per heavy atom. The summed E-state index contributed by atoms with van der Waals surface area (Å²) in [6.45, 7) is 0.964. The van der Waals surface area contributed by atoms with Crippen LogP contribution in [0.3, 0.4) is 0 Å². The zero-order valence-electron chi connectivity index (χ0n) is 14.1. The van der Waals surface area contributed by atoms with E-state index >= 15 is 0 Å². The summed E-state index contributed by atoms with van der Waals surface area (Å²) in [5, 5.41) is 2.55. The quantitative estimate of drug-likeness (QED) is 0.361. The Hall–Kier alpha value is -1.13. The van der Waals surface area contributed by atoms with Crippen LogP contribution < -0.4 is 0 Å². The molecule has 0 fully saturated rings. The van der Waals surface area contributed by atoms with Crippen molar-refractivity contribution in [1.29, 1.82) is 0 Å². The van der Waals surface area contributed by atoms with Gasteiger partial charge in [0.05, 0.1) is 11.3 Å². The zero-order chi connectivity index (χ0) is 18.4. The number of aryl methyl sites for hydroxylation is 1. The Labute approximate surface area is 173 Å². The molecule has 1 heterocycles.